The van der Waals surface area contributed by atoms with Gasteiger partial charge in [-0.05, 0) is 42.0 Å². The number of para-hydroxylation sites is 1. The molecule has 0 unspecified atom stereocenters. The van der Waals surface area contributed by atoms with Crippen LogP contribution in [0.3, 0.4) is 0 Å². The van der Waals surface area contributed by atoms with E-state index in [1.807, 2.05) is 48.5 Å². The highest BCUT2D eigenvalue weighted by Crippen LogP contribution is 2.27. The molecule has 1 aromatic heterocycles. The minimum absolute atomic E-state index is 0.132. The van der Waals surface area contributed by atoms with Crippen molar-refractivity contribution >= 4 is 5.97 Å². The van der Waals surface area contributed by atoms with Crippen LogP contribution in [0.2, 0.25) is 0 Å². The lowest BCUT2D eigenvalue weighted by atomic mass is 10.2. The molecule has 0 saturated heterocycles. The molecule has 0 atom stereocenters. The summed E-state index contributed by atoms with van der Waals surface area (Å²) < 4.78 is 21.5. The monoisotopic (exact) mass is 416 g/mol. The van der Waals surface area contributed by atoms with Crippen LogP contribution in [0.25, 0.3) is 11.4 Å². The van der Waals surface area contributed by atoms with Crippen LogP contribution in [-0.4, -0.2) is 23.2 Å². The first-order valence-corrected chi connectivity index (χ1v) is 9.63. The Labute approximate surface area is 179 Å². The number of benzene rings is 3. The van der Waals surface area contributed by atoms with E-state index in [0.29, 0.717) is 35.1 Å². The quantitative estimate of drug-likeness (QED) is 0.386. The fourth-order valence-electron chi connectivity index (χ4n) is 2.89. The molecule has 0 fully saturated rings. The van der Waals surface area contributed by atoms with Crippen LogP contribution >= 0.6 is 0 Å². The lowest BCUT2D eigenvalue weighted by Gasteiger charge is -2.07. The summed E-state index contributed by atoms with van der Waals surface area (Å²) in [6.07, 6.45) is 0. The Morgan fingerprint density at radius 1 is 0.903 bits per heavy atom. The highest BCUT2D eigenvalue weighted by atomic mass is 16.6. The number of hydrogen-bond donors (Lipinski definition) is 0. The van der Waals surface area contributed by atoms with Crippen LogP contribution < -0.4 is 9.47 Å². The van der Waals surface area contributed by atoms with E-state index in [2.05, 4.69) is 10.1 Å². The average Bonchev–Trinajstić information content (AvgIpc) is 3.31. The second kappa shape index (κ2) is 9.58. The molecule has 0 radical (unpaired) electrons. The van der Waals surface area contributed by atoms with Gasteiger partial charge in [0, 0.05) is 0 Å². The first-order valence-electron chi connectivity index (χ1n) is 9.63. The van der Waals surface area contributed by atoms with Gasteiger partial charge in [-0.15, -0.1) is 0 Å². The Hall–Kier alpha value is -4.13. The van der Waals surface area contributed by atoms with Gasteiger partial charge in [-0.1, -0.05) is 47.6 Å². The molecule has 31 heavy (non-hydrogen) atoms. The number of aromatic nitrogens is 2. The minimum atomic E-state index is -0.494. The molecule has 4 rings (SSSR count). The van der Waals surface area contributed by atoms with E-state index in [1.54, 1.807) is 37.4 Å². The van der Waals surface area contributed by atoms with E-state index in [9.17, 15) is 4.79 Å². The molecular weight excluding hydrogens is 396 g/mol. The summed E-state index contributed by atoms with van der Waals surface area (Å²) in [4.78, 5) is 16.6. The minimum Gasteiger partial charge on any atom is -0.496 e. The van der Waals surface area contributed by atoms with E-state index in [1.165, 1.54) is 0 Å². The predicted octanol–water partition coefficient (Wildman–Crippen LogP) is 4.68. The van der Waals surface area contributed by atoms with Crippen molar-refractivity contribution in [1.29, 1.82) is 0 Å². The molecule has 0 aliphatic rings. The fourth-order valence-corrected chi connectivity index (χ4v) is 2.89. The Morgan fingerprint density at radius 3 is 2.42 bits per heavy atom. The van der Waals surface area contributed by atoms with Gasteiger partial charge in [-0.25, -0.2) is 4.79 Å². The molecule has 156 valence electrons. The van der Waals surface area contributed by atoms with Crippen molar-refractivity contribution in [3.05, 3.63) is 95.9 Å². The molecule has 0 aliphatic carbocycles. The van der Waals surface area contributed by atoms with Gasteiger partial charge in [-0.2, -0.15) is 4.98 Å². The van der Waals surface area contributed by atoms with Gasteiger partial charge in [0.15, 0.2) is 6.61 Å². The van der Waals surface area contributed by atoms with Crippen LogP contribution in [0, 0.1) is 0 Å². The van der Waals surface area contributed by atoms with E-state index >= 15 is 0 Å². The number of methoxy groups -OCH3 is 1. The van der Waals surface area contributed by atoms with Gasteiger partial charge in [0.25, 0.3) is 5.89 Å². The van der Waals surface area contributed by atoms with Gasteiger partial charge >= 0.3 is 5.97 Å². The molecule has 0 N–H and O–H groups in total. The van der Waals surface area contributed by atoms with Gasteiger partial charge in [0.1, 0.15) is 18.1 Å². The Balaban J connectivity index is 1.32. The van der Waals surface area contributed by atoms with Crippen LogP contribution in [0.15, 0.2) is 83.4 Å². The standard InChI is InChI=1S/C24H20N2O5/c1-28-21-10-6-5-9-20(21)23-25-22(31-26-23)16-30-24(27)18-11-13-19(14-12-18)29-15-17-7-3-2-4-8-17/h2-14H,15-16H2,1H3. The lowest BCUT2D eigenvalue weighted by molar-refractivity contribution is 0.0430. The van der Waals surface area contributed by atoms with E-state index < -0.39 is 5.97 Å². The van der Waals surface area contributed by atoms with Crippen LogP contribution in [0.5, 0.6) is 11.5 Å². The van der Waals surface area contributed by atoms with Crippen LogP contribution in [-0.2, 0) is 18.0 Å². The molecule has 0 saturated carbocycles. The van der Waals surface area contributed by atoms with Crippen molar-refractivity contribution in [1.82, 2.24) is 10.1 Å². The maximum absolute atomic E-state index is 12.3. The number of esters is 1. The fraction of sp³-hybridized carbons (Fsp3) is 0.125. The average molecular weight is 416 g/mol. The van der Waals surface area contributed by atoms with Crippen LogP contribution in [0.1, 0.15) is 21.8 Å². The number of nitrogens with zero attached hydrogens (tertiary/aromatic N) is 2. The third-order valence-electron chi connectivity index (χ3n) is 4.48. The Kier molecular flexibility index (Phi) is 6.23. The van der Waals surface area contributed by atoms with E-state index in [0.717, 1.165) is 5.56 Å². The summed E-state index contributed by atoms with van der Waals surface area (Å²) in [5.74, 6) is 1.35. The Bertz CT molecular complexity index is 1140. The third kappa shape index (κ3) is 5.08. The SMILES string of the molecule is COc1ccccc1-c1noc(COC(=O)c2ccc(OCc3ccccc3)cc2)n1. The number of rotatable bonds is 8. The normalized spacial score (nSPS) is 10.5. The van der Waals surface area contributed by atoms with E-state index in [-0.39, 0.29) is 12.5 Å². The molecule has 1 heterocycles. The summed E-state index contributed by atoms with van der Waals surface area (Å²) in [5.41, 5.74) is 2.16. The molecule has 7 heteroatoms. The second-order valence-electron chi connectivity index (χ2n) is 6.59. The number of hydrogen-bond acceptors (Lipinski definition) is 7. The summed E-state index contributed by atoms with van der Waals surface area (Å²) in [6, 6.07) is 23.9. The van der Waals surface area contributed by atoms with Crippen molar-refractivity contribution in [3.63, 3.8) is 0 Å². The Morgan fingerprint density at radius 2 is 1.65 bits per heavy atom. The largest absolute Gasteiger partial charge is 0.496 e. The van der Waals surface area contributed by atoms with Crippen LogP contribution in [0.4, 0.5) is 0 Å². The zero-order chi connectivity index (χ0) is 21.5. The zero-order valence-corrected chi connectivity index (χ0v) is 16.9. The number of ether oxygens (including phenoxy) is 3. The molecule has 0 bridgehead atoms. The van der Waals surface area contributed by atoms with Crippen molar-refractivity contribution in [2.24, 2.45) is 0 Å². The van der Waals surface area contributed by atoms with Crippen molar-refractivity contribution in [3.8, 4) is 22.9 Å². The number of carbonyl (C=O) groups is 1. The third-order valence-corrected chi connectivity index (χ3v) is 4.48. The predicted molar refractivity (Wildman–Crippen MR) is 113 cm³/mol. The molecule has 7 nitrogen and oxygen atoms in total. The second-order valence-corrected chi connectivity index (χ2v) is 6.59. The highest BCUT2D eigenvalue weighted by Gasteiger charge is 2.15. The smallest absolute Gasteiger partial charge is 0.338 e. The summed E-state index contributed by atoms with van der Waals surface area (Å²) in [5, 5.41) is 3.93. The first-order chi connectivity index (χ1) is 15.2. The molecule has 4 aromatic rings. The van der Waals surface area contributed by atoms with Gasteiger partial charge in [0.05, 0.1) is 18.2 Å². The molecule has 0 aliphatic heterocycles. The van der Waals surface area contributed by atoms with Gasteiger partial charge in [0.2, 0.25) is 5.82 Å². The van der Waals surface area contributed by atoms with Gasteiger partial charge in [-0.3, -0.25) is 0 Å². The highest BCUT2D eigenvalue weighted by molar-refractivity contribution is 5.89. The van der Waals surface area contributed by atoms with Crippen molar-refractivity contribution in [2.75, 3.05) is 7.11 Å². The lowest BCUT2D eigenvalue weighted by Crippen LogP contribution is -2.05. The molecule has 0 spiro atoms. The summed E-state index contributed by atoms with van der Waals surface area (Å²) in [7, 11) is 1.57. The number of carbonyl (C=O) groups excluding carboxylic acids is 1. The van der Waals surface area contributed by atoms with E-state index in [4.69, 9.17) is 18.7 Å². The maximum atomic E-state index is 12.3. The topological polar surface area (TPSA) is 83.7 Å². The summed E-state index contributed by atoms with van der Waals surface area (Å²) in [6.45, 7) is 0.323. The summed E-state index contributed by atoms with van der Waals surface area (Å²) >= 11 is 0. The first kappa shape index (κ1) is 20.2. The molecule has 3 aromatic carbocycles. The molecular formula is C24H20N2O5. The van der Waals surface area contributed by atoms with Crippen molar-refractivity contribution in [2.45, 2.75) is 13.2 Å². The molecule has 0 amide bonds. The van der Waals surface area contributed by atoms with Crippen molar-refractivity contribution < 1.29 is 23.5 Å². The van der Waals surface area contributed by atoms with Gasteiger partial charge < -0.3 is 18.7 Å². The zero-order valence-electron chi connectivity index (χ0n) is 16.9. The maximum Gasteiger partial charge on any atom is 0.338 e.